The van der Waals surface area contributed by atoms with E-state index in [0.717, 1.165) is 13.0 Å². The van der Waals surface area contributed by atoms with Crippen LogP contribution in [0.3, 0.4) is 0 Å². The smallest absolute Gasteiger partial charge is 0.00407 e. The van der Waals surface area contributed by atoms with Crippen LogP contribution in [-0.2, 0) is 14.8 Å². The highest BCUT2D eigenvalue weighted by Gasteiger charge is 1.84. The summed E-state index contributed by atoms with van der Waals surface area (Å²) in [6.45, 7) is 0.921. The van der Waals surface area contributed by atoms with E-state index in [0.29, 0.717) is 5.75 Å². The molecular formula is C5H13N2OS-. The van der Waals surface area contributed by atoms with Crippen molar-refractivity contribution in [3.05, 3.63) is 0 Å². The van der Waals surface area contributed by atoms with Crippen LogP contribution in [0, 0.1) is 4.78 Å². The molecule has 0 radical (unpaired) electrons. The van der Waals surface area contributed by atoms with Gasteiger partial charge in [-0.3, -0.25) is 0 Å². The van der Waals surface area contributed by atoms with Crippen LogP contribution in [0.4, 0.5) is 0 Å². The second kappa shape index (κ2) is 4.76. The molecule has 0 spiro atoms. The highest BCUT2D eigenvalue weighted by molar-refractivity contribution is 7.73. The van der Waals surface area contributed by atoms with Crippen molar-refractivity contribution in [2.75, 3.05) is 26.4 Å². The van der Waals surface area contributed by atoms with E-state index in [2.05, 4.69) is 0 Å². The molecule has 0 saturated carbocycles. The summed E-state index contributed by atoms with van der Waals surface area (Å²) < 4.78 is 16.9. The molecule has 0 fully saturated rings. The van der Waals surface area contributed by atoms with Gasteiger partial charge >= 0.3 is 0 Å². The highest BCUT2D eigenvalue weighted by Crippen LogP contribution is 1.82. The van der Waals surface area contributed by atoms with Crippen molar-refractivity contribution in [3.63, 3.8) is 0 Å². The molecule has 0 atom stereocenters. The lowest BCUT2D eigenvalue weighted by Crippen LogP contribution is -2.13. The molecule has 4 heteroatoms. The van der Waals surface area contributed by atoms with Crippen LogP contribution in [0.25, 0.3) is 0 Å². The van der Waals surface area contributed by atoms with Crippen molar-refractivity contribution < 1.29 is 4.21 Å². The van der Waals surface area contributed by atoms with Gasteiger partial charge in [0.1, 0.15) is 0 Å². The van der Waals surface area contributed by atoms with E-state index >= 15 is 0 Å². The van der Waals surface area contributed by atoms with Crippen LogP contribution >= 0.6 is 0 Å². The zero-order chi connectivity index (χ0) is 7.28. The summed E-state index contributed by atoms with van der Waals surface area (Å²) in [5.41, 5.74) is 0. The molecule has 0 aromatic heterocycles. The molecule has 3 nitrogen and oxygen atoms in total. The van der Waals surface area contributed by atoms with Gasteiger partial charge in [0.2, 0.25) is 0 Å². The van der Waals surface area contributed by atoms with Gasteiger partial charge in [-0.2, -0.15) is 10.6 Å². The Morgan fingerprint density at radius 2 is 2.11 bits per heavy atom. The van der Waals surface area contributed by atoms with Crippen molar-refractivity contribution in [3.8, 4) is 0 Å². The Bertz CT molecular complexity index is 123. The van der Waals surface area contributed by atoms with E-state index in [-0.39, 0.29) is 0 Å². The fourth-order valence-corrected chi connectivity index (χ4v) is 0.903. The summed E-state index contributed by atoms with van der Waals surface area (Å²) in [6.07, 6.45) is 0.850. The Hall–Kier alpha value is -0.0900. The van der Waals surface area contributed by atoms with Gasteiger partial charge in [-0.1, -0.05) is 12.2 Å². The van der Waals surface area contributed by atoms with Crippen molar-refractivity contribution in [1.82, 2.24) is 4.90 Å². The molecule has 0 aliphatic heterocycles. The summed E-state index contributed by atoms with van der Waals surface area (Å²) in [5, 5.41) is 0. The maximum absolute atomic E-state index is 10.2. The summed E-state index contributed by atoms with van der Waals surface area (Å²) in [7, 11) is 2.57. The standard InChI is InChI=1S/C5H13N2OS/c1-7(2)4-3-5-9(6)8/h6H,3-5H2,1-2H3/q-1. The zero-order valence-electron chi connectivity index (χ0n) is 5.89. The SMILES string of the molecule is CN(C)CCC[S-](=N)=O. The molecule has 9 heavy (non-hydrogen) atoms. The maximum Gasteiger partial charge on any atom is -0.00407 e. The van der Waals surface area contributed by atoms with Crippen LogP contribution in [0.1, 0.15) is 6.42 Å². The number of nitrogens with zero attached hydrogens (tertiary/aromatic N) is 1. The first-order chi connectivity index (χ1) is 4.13. The van der Waals surface area contributed by atoms with Crippen LogP contribution in [0.2, 0.25) is 0 Å². The molecule has 0 saturated heterocycles. The first-order valence-electron chi connectivity index (χ1n) is 2.87. The predicted octanol–water partition coefficient (Wildman–Crippen LogP) is 0.664. The molecule has 0 heterocycles. The van der Waals surface area contributed by atoms with E-state index in [9.17, 15) is 4.21 Å². The van der Waals surface area contributed by atoms with E-state index in [4.69, 9.17) is 4.78 Å². The van der Waals surface area contributed by atoms with Gasteiger partial charge in [0, 0.05) is 0 Å². The van der Waals surface area contributed by atoms with Gasteiger partial charge in [0.25, 0.3) is 0 Å². The average molecular weight is 149 g/mol. The normalized spacial score (nSPS) is 11.1. The van der Waals surface area contributed by atoms with Crippen LogP contribution in [-0.4, -0.2) is 31.3 Å². The molecule has 0 bridgehead atoms. The molecule has 0 unspecified atom stereocenters. The first-order valence-corrected chi connectivity index (χ1v) is 4.19. The third-order valence-corrected chi connectivity index (χ3v) is 1.59. The largest absolute Gasteiger partial charge is 0.445 e. The molecule has 1 N–H and O–H groups in total. The Morgan fingerprint density at radius 1 is 1.56 bits per heavy atom. The molecule has 0 aliphatic rings. The maximum atomic E-state index is 10.2. The molecule has 0 amide bonds. The monoisotopic (exact) mass is 149 g/mol. The quantitative estimate of drug-likeness (QED) is 0.597. The molecular weight excluding hydrogens is 136 g/mol. The predicted molar refractivity (Wildman–Crippen MR) is 38.8 cm³/mol. The van der Waals surface area contributed by atoms with Crippen molar-refractivity contribution >= 4 is 10.6 Å². The third-order valence-electron chi connectivity index (χ3n) is 0.935. The van der Waals surface area contributed by atoms with Crippen LogP contribution < -0.4 is 0 Å². The lowest BCUT2D eigenvalue weighted by molar-refractivity contribution is 0.409. The Morgan fingerprint density at radius 3 is 2.44 bits per heavy atom. The fraction of sp³-hybridized carbons (Fsp3) is 1.00. The van der Waals surface area contributed by atoms with E-state index in [1.54, 1.807) is 0 Å². The molecule has 0 rings (SSSR count). The lowest BCUT2D eigenvalue weighted by Gasteiger charge is -2.08. The molecule has 56 valence electrons. The molecule has 0 aromatic rings. The van der Waals surface area contributed by atoms with Crippen LogP contribution in [0.5, 0.6) is 0 Å². The number of hydrogen-bond acceptors (Lipinski definition) is 4. The minimum Gasteiger partial charge on any atom is -0.445 e. The minimum atomic E-state index is -1.36. The van der Waals surface area contributed by atoms with E-state index < -0.39 is 10.6 Å². The summed E-state index contributed by atoms with van der Waals surface area (Å²) >= 11 is 0. The zero-order valence-corrected chi connectivity index (χ0v) is 6.70. The lowest BCUT2D eigenvalue weighted by atomic mass is 10.5. The summed E-state index contributed by atoms with van der Waals surface area (Å²) in [6, 6.07) is 0. The van der Waals surface area contributed by atoms with Crippen LogP contribution in [0.15, 0.2) is 0 Å². The average Bonchev–Trinajstić information content (AvgIpc) is 1.63. The number of rotatable bonds is 4. The van der Waals surface area contributed by atoms with Crippen molar-refractivity contribution in [2.24, 2.45) is 0 Å². The van der Waals surface area contributed by atoms with Crippen molar-refractivity contribution in [1.29, 1.82) is 4.78 Å². The first kappa shape index (κ1) is 8.91. The van der Waals surface area contributed by atoms with Gasteiger partial charge in [0.05, 0.1) is 0 Å². The van der Waals surface area contributed by atoms with Gasteiger partial charge in [-0.15, -0.1) is 0 Å². The summed E-state index contributed by atoms with van der Waals surface area (Å²) in [5.74, 6) is 0.498. The molecule has 0 aliphatic carbocycles. The molecule has 0 aromatic carbocycles. The van der Waals surface area contributed by atoms with E-state index in [1.165, 1.54) is 0 Å². The minimum absolute atomic E-state index is 0.498. The Labute approximate surface area is 58.1 Å². The third kappa shape index (κ3) is 7.91. The van der Waals surface area contributed by atoms with E-state index in [1.807, 2.05) is 19.0 Å². The van der Waals surface area contributed by atoms with Gasteiger partial charge < -0.3 is 13.9 Å². The number of hydrogen-bond donors (Lipinski definition) is 1. The van der Waals surface area contributed by atoms with Crippen molar-refractivity contribution in [2.45, 2.75) is 6.42 Å². The van der Waals surface area contributed by atoms with Gasteiger partial charge in [-0.25, -0.2) is 0 Å². The second-order valence-corrected chi connectivity index (χ2v) is 3.31. The second-order valence-electron chi connectivity index (χ2n) is 2.21. The van der Waals surface area contributed by atoms with Gasteiger partial charge in [-0.05, 0) is 20.6 Å². The topological polar surface area (TPSA) is 44.2 Å². The summed E-state index contributed by atoms with van der Waals surface area (Å²) in [4.78, 5) is 2.02. The highest BCUT2D eigenvalue weighted by atomic mass is 32.2. The fourth-order valence-electron chi connectivity index (χ4n) is 0.512. The number of nitrogens with one attached hydrogen (secondary N) is 1. The Kier molecular flexibility index (Phi) is 4.71. The Balaban J connectivity index is 3.10. The van der Waals surface area contributed by atoms with Gasteiger partial charge in [0.15, 0.2) is 0 Å².